The van der Waals surface area contributed by atoms with Crippen LogP contribution in [0.25, 0.3) is 211 Å². The van der Waals surface area contributed by atoms with Gasteiger partial charge in [-0.15, -0.1) is 0 Å². The topological polar surface area (TPSA) is 140 Å². The summed E-state index contributed by atoms with van der Waals surface area (Å²) < 4.78 is 369. The Morgan fingerprint density at radius 3 is 1.42 bits per heavy atom. The number of aromatic nitrogens is 8. The number of hydrogen-bond donors (Lipinski definition) is 0. The Kier molecular flexibility index (Phi) is 6.86. The highest BCUT2D eigenvalue weighted by molar-refractivity contribution is 6.26. The van der Waals surface area contributed by atoms with Crippen molar-refractivity contribution in [1.29, 1.82) is 0 Å². The zero-order chi connectivity index (χ0) is 101. The molecule has 8 aromatic heterocycles. The molecule has 0 atom stereocenters. The number of para-hydroxylation sites is 4. The van der Waals surface area contributed by atoms with Crippen LogP contribution in [0.5, 0.6) is 0 Å². The van der Waals surface area contributed by atoms with Gasteiger partial charge in [0, 0.05) is 76.1 Å². The first-order chi connectivity index (χ1) is 66.8. The molecule has 22 rings (SSSR count). The zero-order valence-corrected chi connectivity index (χ0v) is 51.2. The number of hydrogen-bond acceptors (Lipinski definition) is 10. The van der Waals surface area contributed by atoms with E-state index < -0.39 is 309 Å². The number of rotatable bonds is 8. The first-order valence-electron chi connectivity index (χ1n) is 50.2. The zero-order valence-electron chi connectivity index (χ0n) is 90.2. The van der Waals surface area contributed by atoms with Crippen LogP contribution in [0.1, 0.15) is 53.5 Å². The summed E-state index contributed by atoms with van der Waals surface area (Å²) in [6, 6.07) is -4.74. The van der Waals surface area contributed by atoms with E-state index in [1.54, 1.807) is 60.7 Å². The van der Waals surface area contributed by atoms with Gasteiger partial charge in [-0.1, -0.05) is 230 Å². The summed E-state index contributed by atoms with van der Waals surface area (Å²) in [7, 11) is 0. The van der Waals surface area contributed by atoms with Crippen LogP contribution in [0, 0.1) is 0 Å². The molecule has 0 aliphatic heterocycles. The molecule has 12 heteroatoms. The van der Waals surface area contributed by atoms with Gasteiger partial charge >= 0.3 is 0 Å². The van der Waals surface area contributed by atoms with Gasteiger partial charge in [-0.2, -0.15) is 19.9 Å². The fourth-order valence-corrected chi connectivity index (χ4v) is 12.8. The first kappa shape index (κ1) is 30.8. The lowest BCUT2D eigenvalue weighted by molar-refractivity contribution is 0.668. The highest BCUT2D eigenvalue weighted by Crippen LogP contribution is 2.45. The van der Waals surface area contributed by atoms with E-state index in [2.05, 4.69) is 15.0 Å². The summed E-state index contributed by atoms with van der Waals surface area (Å²) >= 11 is 0. The molecule has 8 heterocycles. The maximum Gasteiger partial charge on any atom is 0.238 e. The molecule has 14 aromatic carbocycles. The minimum absolute atomic E-state index is 0.0235. The Balaban J connectivity index is 0.000000167. The Morgan fingerprint density at radius 1 is 0.245 bits per heavy atom. The van der Waals surface area contributed by atoms with Gasteiger partial charge in [0.2, 0.25) is 11.9 Å². The molecule has 102 heavy (non-hydrogen) atoms. The van der Waals surface area contributed by atoms with Gasteiger partial charge in [0.15, 0.2) is 23.3 Å². The van der Waals surface area contributed by atoms with Gasteiger partial charge in [0.05, 0.1) is 86.3 Å². The number of furan rings is 4. The van der Waals surface area contributed by atoms with Crippen molar-refractivity contribution in [2.45, 2.75) is 0 Å². The van der Waals surface area contributed by atoms with E-state index in [1.807, 2.05) is 0 Å². The Hall–Kier alpha value is -14.1. The van der Waals surface area contributed by atoms with E-state index in [0.717, 1.165) is 4.57 Å². The molecular formula is C90H52N8O4. The lowest BCUT2D eigenvalue weighted by Gasteiger charge is -2.11. The third-order valence-corrected chi connectivity index (χ3v) is 17.1. The van der Waals surface area contributed by atoms with Gasteiger partial charge < -0.3 is 17.7 Å². The average Bonchev–Trinajstić information content (AvgIpc) is 1.51. The van der Waals surface area contributed by atoms with Crippen molar-refractivity contribution in [1.82, 2.24) is 39.0 Å². The molecule has 0 unspecified atom stereocenters. The minimum Gasteiger partial charge on any atom is -0.456 e. The summed E-state index contributed by atoms with van der Waals surface area (Å²) in [5.41, 5.74) is -3.61. The molecule has 0 amide bonds. The molecule has 0 saturated heterocycles. The normalized spacial score (nSPS) is 17.3. The molecule has 476 valence electrons. The van der Waals surface area contributed by atoms with Gasteiger partial charge in [0.25, 0.3) is 0 Å². The Bertz CT molecular complexity index is 9560. The lowest BCUT2D eigenvalue weighted by atomic mass is 9.99. The molecule has 0 radical (unpaired) electrons. The first-order valence-corrected chi connectivity index (χ1v) is 30.7. The van der Waals surface area contributed by atoms with E-state index in [1.165, 1.54) is 22.8 Å². The van der Waals surface area contributed by atoms with Crippen molar-refractivity contribution < 1.29 is 71.1 Å². The third-order valence-electron chi connectivity index (χ3n) is 17.1. The van der Waals surface area contributed by atoms with Crippen molar-refractivity contribution in [2.75, 3.05) is 0 Å². The standard InChI is InChI=1S/2C45H26N4O2/c2*1-3-12-27(13-4-1)30-18-11-21-37-40(30)34-23-22-29(26-39(34)51-37)44-46-43(28-14-5-2-6-15-28)47-45(48-44)49-35-19-9-7-16-31(35)32-24-25-38-41(42(32)49)33-17-8-10-20-36(33)50-38/h2*1-26H/i1D,3D,4D,7D,8D,9D,10D,11D,12D,13D,16D,17D,18D,19D,20D,21D,22D,23D,24D,25D,26D;1D,2D,3D,4D,5D,6D,7D,8D,9D,10D,12D,13D,14D,15D,16D,17D,19D,20D. The molecule has 0 saturated carbocycles. The molecule has 0 N–H and O–H groups in total. The Labute approximate surface area is 634 Å². The smallest absolute Gasteiger partial charge is 0.238 e. The van der Waals surface area contributed by atoms with Crippen molar-refractivity contribution in [3.05, 3.63) is 315 Å². The number of fused-ring (bicyclic) bond motifs is 20. The van der Waals surface area contributed by atoms with E-state index in [0.29, 0.717) is 16.3 Å². The van der Waals surface area contributed by atoms with E-state index in [4.69, 9.17) is 77.9 Å². The van der Waals surface area contributed by atoms with Crippen molar-refractivity contribution in [3.8, 4) is 79.7 Å². The average molecular weight is 1350 g/mol. The maximum absolute atomic E-state index is 9.64. The molecule has 0 spiro atoms. The molecule has 0 aliphatic carbocycles. The van der Waals surface area contributed by atoms with Crippen LogP contribution in [0.2, 0.25) is 0 Å². The molecule has 0 bridgehead atoms. The summed E-state index contributed by atoms with van der Waals surface area (Å²) in [6.07, 6.45) is 0. The van der Waals surface area contributed by atoms with Crippen molar-refractivity contribution >= 4 is 131 Å². The molecule has 12 nitrogen and oxygen atoms in total. The van der Waals surface area contributed by atoms with Crippen LogP contribution in [0.15, 0.2) is 332 Å². The van der Waals surface area contributed by atoms with Crippen LogP contribution in [-0.4, -0.2) is 39.0 Å². The van der Waals surface area contributed by atoms with Gasteiger partial charge in [0.1, 0.15) is 44.7 Å². The van der Waals surface area contributed by atoms with E-state index >= 15 is 0 Å². The number of benzene rings is 14. The fraction of sp³-hybridized carbons (Fsp3) is 0. The van der Waals surface area contributed by atoms with Crippen LogP contribution in [0.3, 0.4) is 0 Å². The second-order valence-electron chi connectivity index (χ2n) is 22.7. The quantitative estimate of drug-likeness (QED) is 0.144. The summed E-state index contributed by atoms with van der Waals surface area (Å²) in [5.74, 6) is -2.28. The highest BCUT2D eigenvalue weighted by Gasteiger charge is 2.26. The van der Waals surface area contributed by atoms with Crippen LogP contribution in [-0.2, 0) is 0 Å². The molecular weight excluding hydrogens is 1260 g/mol. The van der Waals surface area contributed by atoms with Gasteiger partial charge in [-0.3, -0.25) is 9.13 Å². The minimum atomic E-state index is -0.785. The summed E-state index contributed by atoms with van der Waals surface area (Å²) in [6.45, 7) is 0. The third kappa shape index (κ3) is 9.03. The summed E-state index contributed by atoms with van der Waals surface area (Å²) in [4.78, 5) is 28.3. The molecule has 0 fully saturated rings. The Morgan fingerprint density at radius 2 is 0.725 bits per heavy atom. The molecule has 22 aromatic rings. The predicted molar refractivity (Wildman–Crippen MR) is 410 cm³/mol. The number of nitrogens with zero attached hydrogens (tertiary/aromatic N) is 8. The van der Waals surface area contributed by atoms with Crippen LogP contribution >= 0.6 is 0 Å². The highest BCUT2D eigenvalue weighted by atomic mass is 16.3. The van der Waals surface area contributed by atoms with E-state index in [-0.39, 0.29) is 121 Å². The largest absolute Gasteiger partial charge is 0.456 e. The second kappa shape index (κ2) is 22.7. The van der Waals surface area contributed by atoms with Crippen LogP contribution in [0.4, 0.5) is 0 Å². The van der Waals surface area contributed by atoms with Crippen molar-refractivity contribution in [3.63, 3.8) is 0 Å². The van der Waals surface area contributed by atoms with Crippen LogP contribution < -0.4 is 0 Å². The van der Waals surface area contributed by atoms with E-state index in [9.17, 15) is 8.22 Å². The monoisotopic (exact) mass is 1350 g/mol. The van der Waals surface area contributed by atoms with Crippen molar-refractivity contribution in [2.24, 2.45) is 0 Å². The maximum atomic E-state index is 9.64. The fourth-order valence-electron chi connectivity index (χ4n) is 12.8. The second-order valence-corrected chi connectivity index (χ2v) is 22.7. The predicted octanol–water partition coefficient (Wildman–Crippen LogP) is 23.5. The SMILES string of the molecule is [2H]c1c([2H])c([2H])c(-c2c([2H])c([2H])c([2H])c3oc4c([2H])c(-c5nc(-c6ccccc6)nc(-n6c7c([2H])c([2H])c([2H])c([2H])c7c7c([2H])c([2H])c8oc9c([2H])c([2H])c([2H])c([2H])c9c8c76)n5)c([2H])c([2H])c4c23)c([2H])c1[2H].[2H]c1c([2H])c([2H])c(-c2nc(-c3ccc4c(c3)oc3cccc(-c5c([2H])c([2H])c([2H])c([2H])c5[2H])c34)nc(-n3c4c([2H])c([2H])c([2H])c([2H])c4c4ccc5oc6c([2H])c([2H])c([2H])c([2H])c6c5c43)n2)c([2H])c1[2H]. The van der Waals surface area contributed by atoms with Gasteiger partial charge in [-0.25, -0.2) is 9.97 Å². The lowest BCUT2D eigenvalue weighted by Crippen LogP contribution is -2.06. The van der Waals surface area contributed by atoms with Gasteiger partial charge in [-0.05, 0) is 107 Å². The summed E-state index contributed by atoms with van der Waals surface area (Å²) in [5, 5.41) is -0.836. The molecule has 0 aliphatic rings.